The van der Waals surface area contributed by atoms with Crippen molar-refractivity contribution < 1.29 is 9.90 Å². The number of carbonyl (C=O) groups is 1. The third-order valence-electron chi connectivity index (χ3n) is 4.09. The van der Waals surface area contributed by atoms with Crippen LogP contribution in [-0.2, 0) is 0 Å². The lowest BCUT2D eigenvalue weighted by atomic mass is 9.98. The maximum Gasteiger partial charge on any atom is 0.252 e. The van der Waals surface area contributed by atoms with Crippen molar-refractivity contribution in [1.29, 1.82) is 0 Å². The molecular formula is C17H22N2O2. The van der Waals surface area contributed by atoms with Crippen LogP contribution in [0.2, 0.25) is 0 Å². The van der Waals surface area contributed by atoms with Gasteiger partial charge in [0.2, 0.25) is 0 Å². The second-order valence-corrected chi connectivity index (χ2v) is 5.57. The lowest BCUT2D eigenvalue weighted by Gasteiger charge is -2.16. The topological polar surface area (TPSA) is 62.2 Å². The molecular weight excluding hydrogens is 264 g/mol. The number of amides is 1. The van der Waals surface area contributed by atoms with Crippen LogP contribution in [0.4, 0.5) is 0 Å². The van der Waals surface area contributed by atoms with Crippen molar-refractivity contribution in [3.8, 4) is 11.8 Å². The number of carbonyl (C=O) groups excluding carboxylic acids is 1. The zero-order chi connectivity index (χ0) is 15.1. The van der Waals surface area contributed by atoms with E-state index in [9.17, 15) is 4.79 Å². The van der Waals surface area contributed by atoms with Crippen molar-refractivity contribution in [2.45, 2.75) is 32.6 Å². The van der Waals surface area contributed by atoms with E-state index in [1.54, 1.807) is 18.5 Å². The first-order chi connectivity index (χ1) is 10.2. The minimum atomic E-state index is -0.0928. The molecule has 1 aromatic rings. The largest absolute Gasteiger partial charge is 0.395 e. The Morgan fingerprint density at radius 3 is 3.10 bits per heavy atom. The first-order valence-corrected chi connectivity index (χ1v) is 7.54. The van der Waals surface area contributed by atoms with E-state index in [2.05, 4.69) is 29.1 Å². The zero-order valence-electron chi connectivity index (χ0n) is 12.4. The molecule has 4 nitrogen and oxygen atoms in total. The van der Waals surface area contributed by atoms with E-state index in [0.717, 1.165) is 6.54 Å². The van der Waals surface area contributed by atoms with Gasteiger partial charge in [0.05, 0.1) is 17.7 Å². The van der Waals surface area contributed by atoms with Crippen LogP contribution in [0.3, 0.4) is 0 Å². The molecule has 21 heavy (non-hydrogen) atoms. The Bertz CT molecular complexity index is 545. The maximum absolute atomic E-state index is 12.3. The van der Waals surface area contributed by atoms with E-state index >= 15 is 0 Å². The van der Waals surface area contributed by atoms with Gasteiger partial charge in [-0.3, -0.25) is 9.78 Å². The van der Waals surface area contributed by atoms with Crippen molar-refractivity contribution in [3.05, 3.63) is 29.6 Å². The molecule has 0 aromatic carbocycles. The lowest BCUT2D eigenvalue weighted by molar-refractivity contribution is 0.0944. The highest BCUT2D eigenvalue weighted by molar-refractivity contribution is 5.96. The first kappa shape index (κ1) is 15.5. The summed E-state index contributed by atoms with van der Waals surface area (Å²) < 4.78 is 0. The molecule has 1 aliphatic rings. The summed E-state index contributed by atoms with van der Waals surface area (Å²) in [6.45, 7) is 3.00. The van der Waals surface area contributed by atoms with Crippen LogP contribution < -0.4 is 5.32 Å². The highest BCUT2D eigenvalue weighted by atomic mass is 16.2. The highest BCUT2D eigenvalue weighted by Gasteiger charge is 2.23. The van der Waals surface area contributed by atoms with Crippen LogP contribution in [0.1, 0.15) is 48.5 Å². The van der Waals surface area contributed by atoms with Crippen LogP contribution in [0, 0.1) is 23.7 Å². The minimum absolute atomic E-state index is 0.0222. The summed E-state index contributed by atoms with van der Waals surface area (Å²) in [5, 5.41) is 11.8. The third kappa shape index (κ3) is 4.30. The van der Waals surface area contributed by atoms with Crippen molar-refractivity contribution in [2.24, 2.45) is 11.8 Å². The van der Waals surface area contributed by atoms with Gasteiger partial charge < -0.3 is 10.4 Å². The van der Waals surface area contributed by atoms with Gasteiger partial charge in [0.15, 0.2) is 0 Å². The number of nitrogens with zero attached hydrogens (tertiary/aromatic N) is 1. The van der Waals surface area contributed by atoms with Crippen LogP contribution >= 0.6 is 0 Å². The molecule has 1 heterocycles. The van der Waals surface area contributed by atoms with E-state index in [4.69, 9.17) is 5.11 Å². The number of aromatic nitrogens is 1. The number of pyridine rings is 1. The van der Waals surface area contributed by atoms with Gasteiger partial charge in [0.1, 0.15) is 0 Å². The summed E-state index contributed by atoms with van der Waals surface area (Å²) in [5.74, 6) is 6.91. The fourth-order valence-corrected chi connectivity index (χ4v) is 2.75. The number of hydrogen-bond donors (Lipinski definition) is 2. The standard InChI is InChI=1S/C17H22N2O2/c1-13-5-4-7-14(13)12-19-17(21)16-8-9-18-11-15(16)6-2-3-10-20/h8-9,11,13-14,20H,3-5,7,10,12H2,1H3,(H,19,21). The van der Waals surface area contributed by atoms with E-state index < -0.39 is 0 Å². The molecule has 0 radical (unpaired) electrons. The van der Waals surface area contributed by atoms with Crippen LogP contribution in [0.5, 0.6) is 0 Å². The van der Waals surface area contributed by atoms with Gasteiger partial charge in [-0.25, -0.2) is 0 Å². The van der Waals surface area contributed by atoms with E-state index in [0.29, 0.717) is 29.4 Å². The van der Waals surface area contributed by atoms with Crippen molar-refractivity contribution in [1.82, 2.24) is 10.3 Å². The molecule has 1 amide bonds. The Morgan fingerprint density at radius 1 is 1.52 bits per heavy atom. The summed E-state index contributed by atoms with van der Waals surface area (Å²) >= 11 is 0. The lowest BCUT2D eigenvalue weighted by Crippen LogP contribution is -2.30. The molecule has 2 rings (SSSR count). The predicted octanol–water partition coefficient (Wildman–Crippen LogP) is 1.98. The smallest absolute Gasteiger partial charge is 0.252 e. The van der Waals surface area contributed by atoms with Crippen molar-refractivity contribution >= 4 is 5.91 Å². The molecule has 2 unspecified atom stereocenters. The summed E-state index contributed by atoms with van der Waals surface area (Å²) in [6.07, 6.45) is 7.31. The van der Waals surface area contributed by atoms with Gasteiger partial charge in [-0.1, -0.05) is 31.6 Å². The maximum atomic E-state index is 12.3. The minimum Gasteiger partial charge on any atom is -0.395 e. The molecule has 0 spiro atoms. The van der Waals surface area contributed by atoms with Gasteiger partial charge in [-0.15, -0.1) is 0 Å². The Morgan fingerprint density at radius 2 is 2.38 bits per heavy atom. The molecule has 2 atom stereocenters. The van der Waals surface area contributed by atoms with E-state index in [-0.39, 0.29) is 12.5 Å². The summed E-state index contributed by atoms with van der Waals surface area (Å²) in [4.78, 5) is 16.3. The third-order valence-corrected chi connectivity index (χ3v) is 4.09. The Kier molecular flexibility index (Phi) is 5.77. The second-order valence-electron chi connectivity index (χ2n) is 5.57. The summed E-state index contributed by atoms with van der Waals surface area (Å²) in [6, 6.07) is 1.69. The summed E-state index contributed by atoms with van der Waals surface area (Å²) in [5.41, 5.74) is 1.17. The molecule has 1 fully saturated rings. The van der Waals surface area contributed by atoms with Crippen LogP contribution in [0.25, 0.3) is 0 Å². The molecule has 4 heteroatoms. The van der Waals surface area contributed by atoms with Gasteiger partial charge in [0.25, 0.3) is 5.91 Å². The van der Waals surface area contributed by atoms with Crippen LogP contribution in [-0.4, -0.2) is 29.1 Å². The average Bonchev–Trinajstić information content (AvgIpc) is 2.91. The monoisotopic (exact) mass is 286 g/mol. The normalized spacial score (nSPS) is 20.7. The quantitative estimate of drug-likeness (QED) is 0.832. The predicted molar refractivity (Wildman–Crippen MR) is 81.7 cm³/mol. The molecule has 1 aliphatic carbocycles. The number of rotatable bonds is 4. The fourth-order valence-electron chi connectivity index (χ4n) is 2.75. The molecule has 0 bridgehead atoms. The molecule has 1 aromatic heterocycles. The van der Waals surface area contributed by atoms with Gasteiger partial charge in [0, 0.05) is 25.4 Å². The Labute approximate surface area is 126 Å². The molecule has 0 saturated heterocycles. The average molecular weight is 286 g/mol. The summed E-state index contributed by atoms with van der Waals surface area (Å²) in [7, 11) is 0. The second kappa shape index (κ2) is 7.80. The zero-order valence-corrected chi connectivity index (χ0v) is 12.4. The molecule has 2 N–H and O–H groups in total. The Hall–Kier alpha value is -1.86. The highest BCUT2D eigenvalue weighted by Crippen LogP contribution is 2.30. The molecule has 1 saturated carbocycles. The Balaban J connectivity index is 2.00. The first-order valence-electron chi connectivity index (χ1n) is 7.54. The van der Waals surface area contributed by atoms with Crippen LogP contribution in [0.15, 0.2) is 18.5 Å². The number of aliphatic hydroxyl groups excluding tert-OH is 1. The van der Waals surface area contributed by atoms with E-state index in [1.807, 2.05) is 0 Å². The van der Waals surface area contributed by atoms with Gasteiger partial charge in [-0.05, 0) is 24.3 Å². The van der Waals surface area contributed by atoms with E-state index in [1.165, 1.54) is 19.3 Å². The van der Waals surface area contributed by atoms with Crippen molar-refractivity contribution in [2.75, 3.05) is 13.2 Å². The van der Waals surface area contributed by atoms with Crippen molar-refractivity contribution in [3.63, 3.8) is 0 Å². The number of nitrogens with one attached hydrogen (secondary N) is 1. The van der Waals surface area contributed by atoms with Gasteiger partial charge in [-0.2, -0.15) is 0 Å². The SMILES string of the molecule is CC1CCCC1CNC(=O)c1ccncc1C#CCCO. The fraction of sp³-hybridized carbons (Fsp3) is 0.529. The number of hydrogen-bond acceptors (Lipinski definition) is 3. The number of aliphatic hydroxyl groups is 1. The molecule has 0 aliphatic heterocycles. The van der Waals surface area contributed by atoms with Gasteiger partial charge >= 0.3 is 0 Å². The molecule has 112 valence electrons.